The summed E-state index contributed by atoms with van der Waals surface area (Å²) in [5, 5.41) is 8.52. The quantitative estimate of drug-likeness (QED) is 0.620. The number of hydrogen-bond acceptors (Lipinski definition) is 7. The van der Waals surface area contributed by atoms with Gasteiger partial charge >= 0.3 is 0 Å². The van der Waals surface area contributed by atoms with Gasteiger partial charge in [0.15, 0.2) is 11.5 Å². The molecule has 0 bridgehead atoms. The molecule has 2 aliphatic rings. The summed E-state index contributed by atoms with van der Waals surface area (Å²) in [4.78, 5) is 31.0. The maximum atomic E-state index is 12.5. The molecule has 2 fully saturated rings. The first kappa shape index (κ1) is 21.8. The average molecular weight is 449 g/mol. The number of carbonyl (C=O) groups excluding carboxylic acids is 1. The lowest BCUT2D eigenvalue weighted by molar-refractivity contribution is 0.0949. The predicted molar refractivity (Wildman–Crippen MR) is 128 cm³/mol. The molecule has 0 aliphatic carbocycles. The number of rotatable bonds is 6. The Balaban J connectivity index is 1.29. The number of nitrogens with one attached hydrogen (secondary N) is 1. The topological polar surface area (TPSA) is 92.1 Å². The van der Waals surface area contributed by atoms with Crippen LogP contribution in [0.3, 0.4) is 0 Å². The van der Waals surface area contributed by atoms with Crippen LogP contribution in [-0.4, -0.2) is 74.8 Å². The van der Waals surface area contributed by atoms with Crippen molar-refractivity contribution in [1.29, 1.82) is 0 Å². The molecule has 0 spiro atoms. The van der Waals surface area contributed by atoms with Gasteiger partial charge in [0.1, 0.15) is 11.5 Å². The van der Waals surface area contributed by atoms with Crippen LogP contribution in [0.1, 0.15) is 48.9 Å². The standard InChI is InChI=1S/C24H32N8O/c1-30-23-19(8-9-20(28-23)32-13-4-2-3-5-14-32)21(29-30)22-26-16-18(17-27-22)24(33)25-10-15-31-11-6-7-12-31/h8-9,16-17H,2-7,10-15H2,1H3,(H,25,33). The third kappa shape index (κ3) is 4.83. The molecule has 2 saturated heterocycles. The monoisotopic (exact) mass is 448 g/mol. The summed E-state index contributed by atoms with van der Waals surface area (Å²) in [7, 11) is 1.90. The molecule has 9 nitrogen and oxygen atoms in total. The number of fused-ring (bicyclic) bond motifs is 1. The number of amides is 1. The van der Waals surface area contributed by atoms with E-state index in [9.17, 15) is 4.79 Å². The molecule has 1 amide bonds. The Bertz CT molecular complexity index is 1100. The van der Waals surface area contributed by atoms with Crippen LogP contribution in [0.2, 0.25) is 0 Å². The van der Waals surface area contributed by atoms with Gasteiger partial charge in [-0.1, -0.05) is 12.8 Å². The number of pyridine rings is 1. The van der Waals surface area contributed by atoms with E-state index in [1.54, 1.807) is 17.1 Å². The Labute approximate surface area is 194 Å². The molecular weight excluding hydrogens is 416 g/mol. The maximum absolute atomic E-state index is 12.5. The normalized spacial score (nSPS) is 17.4. The summed E-state index contributed by atoms with van der Waals surface area (Å²) >= 11 is 0. The smallest absolute Gasteiger partial charge is 0.254 e. The first-order chi connectivity index (χ1) is 16.2. The Hall–Kier alpha value is -3.07. The largest absolute Gasteiger partial charge is 0.357 e. The molecule has 0 radical (unpaired) electrons. The minimum Gasteiger partial charge on any atom is -0.357 e. The lowest BCUT2D eigenvalue weighted by atomic mass is 10.2. The highest BCUT2D eigenvalue weighted by Gasteiger charge is 2.18. The van der Waals surface area contributed by atoms with E-state index < -0.39 is 0 Å². The molecular formula is C24H32N8O. The molecule has 0 aromatic carbocycles. The van der Waals surface area contributed by atoms with E-state index in [1.807, 2.05) is 7.05 Å². The molecule has 2 aliphatic heterocycles. The van der Waals surface area contributed by atoms with Gasteiger partial charge < -0.3 is 15.1 Å². The molecule has 0 unspecified atom stereocenters. The zero-order chi connectivity index (χ0) is 22.6. The van der Waals surface area contributed by atoms with Gasteiger partial charge in [-0.15, -0.1) is 0 Å². The molecule has 5 heterocycles. The van der Waals surface area contributed by atoms with E-state index in [4.69, 9.17) is 4.98 Å². The van der Waals surface area contributed by atoms with Crippen molar-refractivity contribution < 1.29 is 4.79 Å². The Morgan fingerprint density at radius 3 is 2.39 bits per heavy atom. The molecule has 1 N–H and O–H groups in total. The SMILES string of the molecule is Cn1nc(-c2ncc(C(=O)NCCN3CCCC3)cn2)c2ccc(N3CCCCCC3)nc21. The van der Waals surface area contributed by atoms with Crippen LogP contribution in [0.25, 0.3) is 22.6 Å². The van der Waals surface area contributed by atoms with Crippen LogP contribution in [0, 0.1) is 0 Å². The highest BCUT2D eigenvalue weighted by atomic mass is 16.1. The van der Waals surface area contributed by atoms with Gasteiger partial charge in [0.25, 0.3) is 5.91 Å². The number of aryl methyl sites for hydroxylation is 1. The van der Waals surface area contributed by atoms with Crippen molar-refractivity contribution in [2.45, 2.75) is 38.5 Å². The first-order valence-electron chi connectivity index (χ1n) is 12.1. The zero-order valence-electron chi connectivity index (χ0n) is 19.3. The lowest BCUT2D eigenvalue weighted by Crippen LogP contribution is -2.33. The second-order valence-corrected chi connectivity index (χ2v) is 9.01. The molecule has 3 aromatic rings. The van der Waals surface area contributed by atoms with Crippen molar-refractivity contribution in [2.75, 3.05) is 44.2 Å². The average Bonchev–Trinajstić information content (AvgIpc) is 3.38. The van der Waals surface area contributed by atoms with Crippen LogP contribution in [-0.2, 0) is 7.05 Å². The van der Waals surface area contributed by atoms with Gasteiger partial charge in [-0.2, -0.15) is 5.10 Å². The van der Waals surface area contributed by atoms with E-state index in [0.717, 1.165) is 49.6 Å². The van der Waals surface area contributed by atoms with E-state index in [1.165, 1.54) is 38.5 Å². The fourth-order valence-corrected chi connectivity index (χ4v) is 4.77. The molecule has 5 rings (SSSR count). The molecule has 0 atom stereocenters. The molecule has 33 heavy (non-hydrogen) atoms. The van der Waals surface area contributed by atoms with E-state index in [2.05, 4.69) is 42.3 Å². The summed E-state index contributed by atoms with van der Waals surface area (Å²) in [5.74, 6) is 1.36. The van der Waals surface area contributed by atoms with Crippen molar-refractivity contribution in [3.63, 3.8) is 0 Å². The highest BCUT2D eigenvalue weighted by molar-refractivity contribution is 5.94. The molecule has 174 valence electrons. The van der Waals surface area contributed by atoms with Gasteiger partial charge in [-0.25, -0.2) is 19.6 Å². The van der Waals surface area contributed by atoms with Crippen molar-refractivity contribution in [1.82, 2.24) is 34.9 Å². The second-order valence-electron chi connectivity index (χ2n) is 9.01. The van der Waals surface area contributed by atoms with Gasteiger partial charge in [0.05, 0.1) is 10.9 Å². The number of likely N-dealkylation sites (tertiary alicyclic amines) is 1. The summed E-state index contributed by atoms with van der Waals surface area (Å²) in [6.45, 7) is 5.87. The Kier molecular flexibility index (Phi) is 6.48. The maximum Gasteiger partial charge on any atom is 0.254 e. The fraction of sp³-hybridized carbons (Fsp3) is 0.542. The van der Waals surface area contributed by atoms with Gasteiger partial charge in [0.2, 0.25) is 0 Å². The number of aromatic nitrogens is 5. The van der Waals surface area contributed by atoms with E-state index in [-0.39, 0.29) is 5.91 Å². The molecule has 0 saturated carbocycles. The second kappa shape index (κ2) is 9.82. The van der Waals surface area contributed by atoms with Crippen LogP contribution in [0.4, 0.5) is 5.82 Å². The Morgan fingerprint density at radius 1 is 0.970 bits per heavy atom. The first-order valence-corrected chi connectivity index (χ1v) is 12.1. The Morgan fingerprint density at radius 2 is 1.67 bits per heavy atom. The number of nitrogens with zero attached hydrogens (tertiary/aromatic N) is 7. The highest BCUT2D eigenvalue weighted by Crippen LogP contribution is 2.27. The van der Waals surface area contributed by atoms with Crippen LogP contribution in [0.15, 0.2) is 24.5 Å². The lowest BCUT2D eigenvalue weighted by Gasteiger charge is -2.21. The summed E-state index contributed by atoms with van der Waals surface area (Å²) in [5.41, 5.74) is 1.96. The van der Waals surface area contributed by atoms with E-state index >= 15 is 0 Å². The van der Waals surface area contributed by atoms with E-state index in [0.29, 0.717) is 23.6 Å². The van der Waals surface area contributed by atoms with Crippen LogP contribution in [0.5, 0.6) is 0 Å². The minimum atomic E-state index is -0.143. The molecule has 3 aromatic heterocycles. The summed E-state index contributed by atoms with van der Waals surface area (Å²) in [6, 6.07) is 4.13. The van der Waals surface area contributed by atoms with Crippen molar-refractivity contribution in [3.05, 3.63) is 30.1 Å². The van der Waals surface area contributed by atoms with Crippen LogP contribution >= 0.6 is 0 Å². The molecule has 9 heteroatoms. The summed E-state index contributed by atoms with van der Waals surface area (Å²) < 4.78 is 1.79. The fourth-order valence-electron chi connectivity index (χ4n) is 4.77. The number of hydrogen-bond donors (Lipinski definition) is 1. The predicted octanol–water partition coefficient (Wildman–Crippen LogP) is 2.63. The van der Waals surface area contributed by atoms with Crippen molar-refractivity contribution in [3.8, 4) is 11.5 Å². The van der Waals surface area contributed by atoms with Crippen molar-refractivity contribution >= 4 is 22.8 Å². The van der Waals surface area contributed by atoms with Crippen molar-refractivity contribution in [2.24, 2.45) is 7.05 Å². The van der Waals surface area contributed by atoms with Gasteiger partial charge in [-0.3, -0.25) is 4.79 Å². The summed E-state index contributed by atoms with van der Waals surface area (Å²) in [6.07, 6.45) is 10.7. The third-order valence-corrected chi connectivity index (χ3v) is 6.64. The number of anilines is 1. The zero-order valence-corrected chi connectivity index (χ0v) is 19.3. The third-order valence-electron chi connectivity index (χ3n) is 6.64. The minimum absolute atomic E-state index is 0.143. The number of carbonyl (C=O) groups is 1. The van der Waals surface area contributed by atoms with Gasteiger partial charge in [-0.05, 0) is 50.9 Å². The van der Waals surface area contributed by atoms with Crippen LogP contribution < -0.4 is 10.2 Å². The van der Waals surface area contributed by atoms with Gasteiger partial charge in [0, 0.05) is 45.6 Å².